The maximum absolute atomic E-state index is 4.17. The van der Waals surface area contributed by atoms with Crippen molar-refractivity contribution in [3.8, 4) is 0 Å². The normalized spacial score (nSPS) is 29.1. The minimum absolute atomic E-state index is 0.571. The fourth-order valence-corrected chi connectivity index (χ4v) is 2.12. The zero-order valence-corrected chi connectivity index (χ0v) is 8.33. The lowest BCUT2D eigenvalue weighted by molar-refractivity contribution is 0.292. The van der Waals surface area contributed by atoms with Gasteiger partial charge in [0, 0.05) is 24.0 Å². The zero-order chi connectivity index (χ0) is 9.26. The van der Waals surface area contributed by atoms with Crippen molar-refractivity contribution in [1.82, 2.24) is 14.9 Å². The van der Waals surface area contributed by atoms with Crippen LogP contribution in [0.5, 0.6) is 0 Å². The molecule has 3 nitrogen and oxygen atoms in total. The number of imidazole rings is 1. The minimum atomic E-state index is 0.571. The van der Waals surface area contributed by atoms with Gasteiger partial charge in [-0.15, -0.1) is 0 Å². The lowest BCUT2D eigenvalue weighted by Crippen LogP contribution is -2.40. The molecule has 1 aliphatic rings. The largest absolute Gasteiger partial charge is 0.330 e. The van der Waals surface area contributed by atoms with E-state index in [-0.39, 0.29) is 0 Å². The molecule has 13 heavy (non-hydrogen) atoms. The smallest absolute Gasteiger partial charge is 0.0951 e. The van der Waals surface area contributed by atoms with Crippen molar-refractivity contribution < 1.29 is 0 Å². The topological polar surface area (TPSA) is 29.9 Å². The Kier molecular flexibility index (Phi) is 2.36. The van der Waals surface area contributed by atoms with Gasteiger partial charge in [-0.25, -0.2) is 4.98 Å². The first-order valence-electron chi connectivity index (χ1n) is 5.01. The standard InChI is InChI=1S/C10H17N3/c1-8-6-11-7-13(8)10-4-3-5-12-9(10)2/h6-7,9-10,12H,3-5H2,1-2H3. The van der Waals surface area contributed by atoms with Gasteiger partial charge in [-0.1, -0.05) is 0 Å². The number of aryl methyl sites for hydroxylation is 1. The molecule has 0 bridgehead atoms. The van der Waals surface area contributed by atoms with E-state index in [9.17, 15) is 0 Å². The van der Waals surface area contributed by atoms with Crippen LogP contribution < -0.4 is 5.32 Å². The zero-order valence-electron chi connectivity index (χ0n) is 8.33. The third kappa shape index (κ3) is 1.61. The van der Waals surface area contributed by atoms with Crippen LogP contribution in [-0.4, -0.2) is 22.1 Å². The van der Waals surface area contributed by atoms with Crippen molar-refractivity contribution in [2.45, 2.75) is 38.8 Å². The summed E-state index contributed by atoms with van der Waals surface area (Å²) in [6.07, 6.45) is 6.42. The number of hydrogen-bond acceptors (Lipinski definition) is 2. The molecule has 1 saturated heterocycles. The van der Waals surface area contributed by atoms with Gasteiger partial charge in [0.25, 0.3) is 0 Å². The van der Waals surface area contributed by atoms with E-state index in [1.807, 2.05) is 12.5 Å². The van der Waals surface area contributed by atoms with Crippen LogP contribution >= 0.6 is 0 Å². The second-order valence-electron chi connectivity index (χ2n) is 3.89. The van der Waals surface area contributed by atoms with Crippen LogP contribution in [0.4, 0.5) is 0 Å². The molecular weight excluding hydrogens is 162 g/mol. The molecule has 2 heterocycles. The maximum atomic E-state index is 4.17. The molecule has 2 rings (SSSR count). The molecule has 72 valence electrons. The number of rotatable bonds is 1. The highest BCUT2D eigenvalue weighted by atomic mass is 15.1. The lowest BCUT2D eigenvalue weighted by Gasteiger charge is -2.31. The molecule has 0 saturated carbocycles. The Balaban J connectivity index is 2.19. The quantitative estimate of drug-likeness (QED) is 0.708. The molecule has 0 amide bonds. The summed E-state index contributed by atoms with van der Waals surface area (Å²) in [5.74, 6) is 0. The monoisotopic (exact) mass is 179 g/mol. The molecule has 3 heteroatoms. The van der Waals surface area contributed by atoms with Crippen LogP contribution in [0.3, 0.4) is 0 Å². The van der Waals surface area contributed by atoms with E-state index in [4.69, 9.17) is 0 Å². The van der Waals surface area contributed by atoms with Gasteiger partial charge in [-0.2, -0.15) is 0 Å². The third-order valence-electron chi connectivity index (χ3n) is 2.94. The Bertz CT molecular complexity index is 279. The van der Waals surface area contributed by atoms with E-state index in [0.29, 0.717) is 12.1 Å². The molecule has 2 unspecified atom stereocenters. The highest BCUT2D eigenvalue weighted by Crippen LogP contribution is 2.22. The van der Waals surface area contributed by atoms with Gasteiger partial charge in [0.05, 0.1) is 6.33 Å². The predicted octanol–water partition coefficient (Wildman–Crippen LogP) is 1.50. The molecule has 1 aliphatic heterocycles. The van der Waals surface area contributed by atoms with Crippen LogP contribution in [0.25, 0.3) is 0 Å². The number of piperidine rings is 1. The first-order valence-corrected chi connectivity index (χ1v) is 5.01. The molecule has 0 aromatic carbocycles. The molecule has 1 fully saturated rings. The SMILES string of the molecule is Cc1cncn1C1CCCNC1C. The van der Waals surface area contributed by atoms with E-state index in [0.717, 1.165) is 6.54 Å². The van der Waals surface area contributed by atoms with Crippen molar-refractivity contribution in [3.05, 3.63) is 18.2 Å². The Morgan fingerprint density at radius 2 is 2.46 bits per heavy atom. The van der Waals surface area contributed by atoms with Crippen molar-refractivity contribution in [1.29, 1.82) is 0 Å². The number of nitrogens with zero attached hydrogens (tertiary/aromatic N) is 2. The summed E-state index contributed by atoms with van der Waals surface area (Å²) < 4.78 is 2.29. The molecular formula is C10H17N3. The first-order chi connectivity index (χ1) is 6.29. The predicted molar refractivity (Wildman–Crippen MR) is 52.7 cm³/mol. The van der Waals surface area contributed by atoms with Crippen LogP contribution in [0.1, 0.15) is 31.5 Å². The molecule has 1 N–H and O–H groups in total. The van der Waals surface area contributed by atoms with E-state index >= 15 is 0 Å². The lowest BCUT2D eigenvalue weighted by atomic mass is 9.99. The van der Waals surface area contributed by atoms with Gasteiger partial charge in [-0.05, 0) is 33.2 Å². The van der Waals surface area contributed by atoms with Gasteiger partial charge < -0.3 is 9.88 Å². The maximum Gasteiger partial charge on any atom is 0.0951 e. The minimum Gasteiger partial charge on any atom is -0.330 e. The Labute approximate surface area is 79.2 Å². The highest BCUT2D eigenvalue weighted by Gasteiger charge is 2.22. The summed E-state index contributed by atoms with van der Waals surface area (Å²) in [6.45, 7) is 5.53. The van der Waals surface area contributed by atoms with Crippen LogP contribution in [0, 0.1) is 6.92 Å². The van der Waals surface area contributed by atoms with Crippen molar-refractivity contribution in [3.63, 3.8) is 0 Å². The summed E-state index contributed by atoms with van der Waals surface area (Å²) in [5.41, 5.74) is 1.26. The van der Waals surface area contributed by atoms with Crippen LogP contribution in [0.2, 0.25) is 0 Å². The second-order valence-corrected chi connectivity index (χ2v) is 3.89. The second kappa shape index (κ2) is 3.50. The Hall–Kier alpha value is -0.830. The highest BCUT2D eigenvalue weighted by molar-refractivity contribution is 4.99. The average Bonchev–Trinajstić information content (AvgIpc) is 2.52. The molecule has 0 aliphatic carbocycles. The molecule has 2 atom stereocenters. The molecule has 1 aromatic heterocycles. The van der Waals surface area contributed by atoms with Crippen molar-refractivity contribution >= 4 is 0 Å². The average molecular weight is 179 g/mol. The van der Waals surface area contributed by atoms with Gasteiger partial charge in [0.15, 0.2) is 0 Å². The van der Waals surface area contributed by atoms with E-state index in [1.54, 1.807) is 0 Å². The van der Waals surface area contributed by atoms with Crippen LogP contribution in [0.15, 0.2) is 12.5 Å². The first kappa shape index (κ1) is 8.75. The number of hydrogen-bond donors (Lipinski definition) is 1. The van der Waals surface area contributed by atoms with E-state index in [2.05, 4.69) is 28.7 Å². The number of aromatic nitrogens is 2. The fourth-order valence-electron chi connectivity index (χ4n) is 2.12. The van der Waals surface area contributed by atoms with Gasteiger partial charge in [-0.3, -0.25) is 0 Å². The number of nitrogens with one attached hydrogen (secondary N) is 1. The summed E-state index contributed by atoms with van der Waals surface area (Å²) in [6, 6.07) is 1.16. The summed E-state index contributed by atoms with van der Waals surface area (Å²) in [5, 5.41) is 3.50. The Morgan fingerprint density at radius 3 is 3.08 bits per heavy atom. The third-order valence-corrected chi connectivity index (χ3v) is 2.94. The van der Waals surface area contributed by atoms with Gasteiger partial charge in [0.1, 0.15) is 0 Å². The van der Waals surface area contributed by atoms with E-state index < -0.39 is 0 Å². The Morgan fingerprint density at radius 1 is 1.62 bits per heavy atom. The molecule has 0 radical (unpaired) electrons. The van der Waals surface area contributed by atoms with Gasteiger partial charge >= 0.3 is 0 Å². The van der Waals surface area contributed by atoms with E-state index in [1.165, 1.54) is 18.5 Å². The summed E-state index contributed by atoms with van der Waals surface area (Å²) in [7, 11) is 0. The molecule has 0 spiro atoms. The fraction of sp³-hybridized carbons (Fsp3) is 0.700. The van der Waals surface area contributed by atoms with Gasteiger partial charge in [0.2, 0.25) is 0 Å². The van der Waals surface area contributed by atoms with Crippen LogP contribution in [-0.2, 0) is 0 Å². The summed E-state index contributed by atoms with van der Waals surface area (Å²) in [4.78, 5) is 4.17. The van der Waals surface area contributed by atoms with Crippen molar-refractivity contribution in [2.75, 3.05) is 6.54 Å². The summed E-state index contributed by atoms with van der Waals surface area (Å²) >= 11 is 0. The van der Waals surface area contributed by atoms with Crippen molar-refractivity contribution in [2.24, 2.45) is 0 Å². The molecule has 1 aromatic rings.